The van der Waals surface area contributed by atoms with Gasteiger partial charge in [-0.15, -0.1) is 0 Å². The molecule has 0 saturated carbocycles. The minimum absolute atomic E-state index is 0.152. The Labute approximate surface area is 150 Å². The summed E-state index contributed by atoms with van der Waals surface area (Å²) in [4.78, 5) is 12.7. The number of pyridine rings is 1. The van der Waals surface area contributed by atoms with Gasteiger partial charge in [0.25, 0.3) is 0 Å². The number of fused-ring (bicyclic) bond motifs is 1. The molecule has 0 unspecified atom stereocenters. The molecule has 132 valence electrons. The summed E-state index contributed by atoms with van der Waals surface area (Å²) in [6, 6.07) is 8.77. The molecular weight excluding hydrogens is 354 g/mol. The molecule has 1 aromatic carbocycles. The van der Waals surface area contributed by atoms with Crippen LogP contribution in [0.15, 0.2) is 36.7 Å². The highest BCUT2D eigenvalue weighted by molar-refractivity contribution is 7.89. The largest absolute Gasteiger partial charge is 0.493 e. The zero-order valence-corrected chi connectivity index (χ0v) is 14.9. The van der Waals surface area contributed by atoms with Crippen molar-refractivity contribution in [2.45, 2.75) is 5.75 Å². The molecule has 0 amide bonds. The van der Waals surface area contributed by atoms with E-state index in [0.29, 0.717) is 34.2 Å². The van der Waals surface area contributed by atoms with E-state index in [2.05, 4.69) is 26.3 Å². The van der Waals surface area contributed by atoms with Gasteiger partial charge in [-0.25, -0.2) is 18.4 Å². The number of rotatable bonds is 5. The van der Waals surface area contributed by atoms with Crippen LogP contribution in [0.25, 0.3) is 10.9 Å². The Bertz CT molecular complexity index is 1120. The summed E-state index contributed by atoms with van der Waals surface area (Å²) in [5.74, 6) is 0.519. The molecule has 3 aromatic rings. The number of benzene rings is 1. The van der Waals surface area contributed by atoms with Crippen molar-refractivity contribution in [3.63, 3.8) is 0 Å². The number of aromatic nitrogens is 3. The topological polar surface area (TPSA) is 118 Å². The molecule has 0 aliphatic carbocycles. The second-order valence-electron chi connectivity index (χ2n) is 5.62. The minimum Gasteiger partial charge on any atom is -0.493 e. The van der Waals surface area contributed by atoms with Crippen molar-refractivity contribution >= 4 is 32.4 Å². The predicted molar refractivity (Wildman–Crippen MR) is 96.9 cm³/mol. The molecule has 2 aromatic heterocycles. The highest BCUT2D eigenvalue weighted by Crippen LogP contribution is 2.28. The summed E-state index contributed by atoms with van der Waals surface area (Å²) in [6.07, 6.45) is 4.28. The Kier molecular flexibility index (Phi) is 4.69. The van der Waals surface area contributed by atoms with Crippen molar-refractivity contribution in [3.8, 4) is 11.8 Å². The van der Waals surface area contributed by atoms with Crippen molar-refractivity contribution in [1.82, 2.24) is 15.0 Å². The first kappa shape index (κ1) is 17.6. The van der Waals surface area contributed by atoms with Crippen LogP contribution in [0.3, 0.4) is 0 Å². The second-order valence-corrected chi connectivity index (χ2v) is 7.76. The molecule has 2 heterocycles. The predicted octanol–water partition coefficient (Wildman–Crippen LogP) is 2.19. The third kappa shape index (κ3) is 3.87. The molecule has 0 saturated heterocycles. The molecule has 0 fully saturated rings. The normalized spacial score (nSPS) is 11.1. The maximum atomic E-state index is 11.4. The zero-order valence-electron chi connectivity index (χ0n) is 14.1. The molecule has 3 rings (SSSR count). The van der Waals surface area contributed by atoms with Crippen LogP contribution < -0.4 is 10.1 Å². The Morgan fingerprint density at radius 2 is 2.08 bits per heavy atom. The quantitative estimate of drug-likeness (QED) is 0.727. The molecule has 9 heteroatoms. The van der Waals surface area contributed by atoms with Crippen LogP contribution in [0.5, 0.6) is 5.75 Å². The Hall–Kier alpha value is -3.25. The SMILES string of the molecule is COc1c(C#N)ccc2cnc(Nc3ccnc(CS(C)(=O)=O)c3)nc12. The smallest absolute Gasteiger partial charge is 0.227 e. The van der Waals surface area contributed by atoms with Gasteiger partial charge in [0, 0.05) is 29.7 Å². The molecule has 0 radical (unpaired) electrons. The Balaban J connectivity index is 1.97. The fourth-order valence-electron chi connectivity index (χ4n) is 2.46. The van der Waals surface area contributed by atoms with E-state index in [1.165, 1.54) is 13.3 Å². The summed E-state index contributed by atoms with van der Waals surface area (Å²) in [5.41, 5.74) is 1.91. The van der Waals surface area contributed by atoms with E-state index in [0.717, 1.165) is 11.6 Å². The van der Waals surface area contributed by atoms with Gasteiger partial charge in [0.15, 0.2) is 15.6 Å². The number of nitrogens with zero attached hydrogens (tertiary/aromatic N) is 4. The first-order chi connectivity index (χ1) is 12.4. The molecule has 0 atom stereocenters. The maximum Gasteiger partial charge on any atom is 0.227 e. The van der Waals surface area contributed by atoms with Crippen LogP contribution in [-0.2, 0) is 15.6 Å². The number of sulfone groups is 1. The number of methoxy groups -OCH3 is 1. The second kappa shape index (κ2) is 6.93. The third-order valence-electron chi connectivity index (χ3n) is 3.51. The highest BCUT2D eigenvalue weighted by Gasteiger charge is 2.12. The summed E-state index contributed by atoms with van der Waals surface area (Å²) in [5, 5.41) is 12.9. The van der Waals surface area contributed by atoms with Gasteiger partial charge in [-0.1, -0.05) is 0 Å². The fraction of sp³-hybridized carbons (Fsp3) is 0.176. The number of nitriles is 1. The molecular formula is C17H15N5O3S. The van der Waals surface area contributed by atoms with Crippen molar-refractivity contribution in [1.29, 1.82) is 5.26 Å². The lowest BCUT2D eigenvalue weighted by atomic mass is 10.1. The molecule has 0 aliphatic rings. The highest BCUT2D eigenvalue weighted by atomic mass is 32.2. The van der Waals surface area contributed by atoms with Gasteiger partial charge in [-0.3, -0.25) is 4.98 Å². The van der Waals surface area contributed by atoms with E-state index in [-0.39, 0.29) is 5.75 Å². The molecule has 0 bridgehead atoms. The Morgan fingerprint density at radius 1 is 1.27 bits per heavy atom. The molecule has 26 heavy (non-hydrogen) atoms. The van der Waals surface area contributed by atoms with Gasteiger partial charge in [0.05, 0.1) is 24.1 Å². The van der Waals surface area contributed by atoms with E-state index >= 15 is 0 Å². The van der Waals surface area contributed by atoms with Crippen molar-refractivity contribution in [2.24, 2.45) is 0 Å². The Morgan fingerprint density at radius 3 is 2.77 bits per heavy atom. The zero-order chi connectivity index (χ0) is 18.7. The van der Waals surface area contributed by atoms with Gasteiger partial charge in [-0.2, -0.15) is 5.26 Å². The van der Waals surface area contributed by atoms with Gasteiger partial charge < -0.3 is 10.1 Å². The first-order valence-electron chi connectivity index (χ1n) is 7.53. The van der Waals surface area contributed by atoms with Crippen LogP contribution in [0, 0.1) is 11.3 Å². The van der Waals surface area contributed by atoms with Gasteiger partial charge >= 0.3 is 0 Å². The first-order valence-corrected chi connectivity index (χ1v) is 9.59. The monoisotopic (exact) mass is 369 g/mol. The molecule has 0 spiro atoms. The number of hydrogen-bond donors (Lipinski definition) is 1. The fourth-order valence-corrected chi connectivity index (χ4v) is 3.15. The maximum absolute atomic E-state index is 11.4. The summed E-state index contributed by atoms with van der Waals surface area (Å²) in [7, 11) is -1.70. The van der Waals surface area contributed by atoms with Crippen LogP contribution in [-0.4, -0.2) is 36.7 Å². The number of nitrogens with one attached hydrogen (secondary N) is 1. The standard InChI is InChI=1S/C17H15N5O3S/c1-25-16-11(8-18)3-4-12-9-20-17(22-15(12)16)21-13-5-6-19-14(7-13)10-26(2,23)24/h3-7,9H,10H2,1-2H3,(H,19,20,21,22). The molecule has 8 nitrogen and oxygen atoms in total. The van der Waals surface area contributed by atoms with Gasteiger partial charge in [-0.05, 0) is 24.3 Å². The third-order valence-corrected chi connectivity index (χ3v) is 4.33. The molecule has 0 aliphatic heterocycles. The van der Waals surface area contributed by atoms with Gasteiger partial charge in [0.1, 0.15) is 11.6 Å². The minimum atomic E-state index is -3.18. The lowest BCUT2D eigenvalue weighted by molar-refractivity contribution is 0.417. The summed E-state index contributed by atoms with van der Waals surface area (Å²) >= 11 is 0. The average Bonchev–Trinajstić information content (AvgIpc) is 2.59. The van der Waals surface area contributed by atoms with E-state index in [1.807, 2.05) is 0 Å². The van der Waals surface area contributed by atoms with Crippen LogP contribution in [0.4, 0.5) is 11.6 Å². The molecule has 1 N–H and O–H groups in total. The van der Waals surface area contributed by atoms with E-state index in [9.17, 15) is 13.7 Å². The number of anilines is 2. The van der Waals surface area contributed by atoms with E-state index in [4.69, 9.17) is 4.74 Å². The van der Waals surface area contributed by atoms with E-state index < -0.39 is 9.84 Å². The van der Waals surface area contributed by atoms with Crippen molar-refractivity contribution in [3.05, 3.63) is 47.9 Å². The summed E-state index contributed by atoms with van der Waals surface area (Å²) in [6.45, 7) is 0. The van der Waals surface area contributed by atoms with Crippen molar-refractivity contribution < 1.29 is 13.2 Å². The van der Waals surface area contributed by atoms with Crippen LogP contribution in [0.2, 0.25) is 0 Å². The van der Waals surface area contributed by atoms with Crippen LogP contribution >= 0.6 is 0 Å². The number of ether oxygens (including phenoxy) is 1. The summed E-state index contributed by atoms with van der Waals surface area (Å²) < 4.78 is 28.2. The lowest BCUT2D eigenvalue weighted by Crippen LogP contribution is -2.04. The number of hydrogen-bond acceptors (Lipinski definition) is 8. The van der Waals surface area contributed by atoms with E-state index in [1.54, 1.807) is 30.5 Å². The average molecular weight is 369 g/mol. The van der Waals surface area contributed by atoms with Crippen molar-refractivity contribution in [2.75, 3.05) is 18.7 Å². The van der Waals surface area contributed by atoms with Gasteiger partial charge in [0.2, 0.25) is 5.95 Å². The lowest BCUT2D eigenvalue weighted by Gasteiger charge is -2.09. The van der Waals surface area contributed by atoms with Crippen LogP contribution in [0.1, 0.15) is 11.3 Å².